The molecule has 1 atom stereocenters. The van der Waals surface area contributed by atoms with Gasteiger partial charge in [0.15, 0.2) is 0 Å². The summed E-state index contributed by atoms with van der Waals surface area (Å²) in [5.74, 6) is 1.99. The Morgan fingerprint density at radius 2 is 2.18 bits per heavy atom. The van der Waals surface area contributed by atoms with Crippen LogP contribution in [0.2, 0.25) is 0 Å². The molecule has 1 aromatic heterocycles. The van der Waals surface area contributed by atoms with E-state index < -0.39 is 0 Å². The fourth-order valence-corrected chi connectivity index (χ4v) is 2.87. The minimum atomic E-state index is 0.313. The highest BCUT2D eigenvalue weighted by Crippen LogP contribution is 2.21. The lowest BCUT2D eigenvalue weighted by Crippen LogP contribution is -2.31. The number of nitrogens with zero attached hydrogens (tertiary/aromatic N) is 2. The summed E-state index contributed by atoms with van der Waals surface area (Å²) in [6, 6.07) is 0.313. The van der Waals surface area contributed by atoms with Crippen LogP contribution in [0.25, 0.3) is 0 Å². The van der Waals surface area contributed by atoms with Gasteiger partial charge < -0.3 is 15.0 Å². The van der Waals surface area contributed by atoms with Gasteiger partial charge in [-0.25, -0.2) is 4.98 Å². The lowest BCUT2D eigenvalue weighted by molar-refractivity contribution is 0.0663. The van der Waals surface area contributed by atoms with Crippen LogP contribution < -0.4 is 5.73 Å². The van der Waals surface area contributed by atoms with E-state index in [1.165, 1.54) is 24.4 Å². The van der Waals surface area contributed by atoms with E-state index in [0.717, 1.165) is 44.9 Å². The van der Waals surface area contributed by atoms with Crippen molar-refractivity contribution < 1.29 is 4.74 Å². The van der Waals surface area contributed by atoms with Crippen LogP contribution in [0, 0.1) is 5.92 Å². The Bertz CT molecular complexity index is 382. The predicted octanol–water partition coefficient (Wildman–Crippen LogP) is 1.13. The van der Waals surface area contributed by atoms with Crippen LogP contribution in [0.5, 0.6) is 0 Å². The van der Waals surface area contributed by atoms with Crippen molar-refractivity contribution in [2.45, 2.75) is 44.7 Å². The second-order valence-electron chi connectivity index (χ2n) is 5.36. The Kier molecular flexibility index (Phi) is 3.16. The number of ether oxygens (including phenoxy) is 1. The molecule has 0 aromatic carbocycles. The molecule has 17 heavy (non-hydrogen) atoms. The SMILES string of the molecule is NC1CCc2nc(CC3CCOCC3)cn2C1. The second kappa shape index (κ2) is 4.78. The summed E-state index contributed by atoms with van der Waals surface area (Å²) in [5.41, 5.74) is 7.23. The molecule has 0 aliphatic carbocycles. The summed E-state index contributed by atoms with van der Waals surface area (Å²) in [6.45, 7) is 2.78. The maximum Gasteiger partial charge on any atom is 0.109 e. The van der Waals surface area contributed by atoms with E-state index in [0.29, 0.717) is 6.04 Å². The molecule has 2 N–H and O–H groups in total. The van der Waals surface area contributed by atoms with E-state index in [9.17, 15) is 0 Å². The molecule has 4 heteroatoms. The second-order valence-corrected chi connectivity index (χ2v) is 5.36. The molecule has 2 aliphatic heterocycles. The van der Waals surface area contributed by atoms with Crippen molar-refractivity contribution in [2.75, 3.05) is 13.2 Å². The zero-order valence-corrected chi connectivity index (χ0v) is 10.3. The lowest BCUT2D eigenvalue weighted by Gasteiger charge is -2.20. The summed E-state index contributed by atoms with van der Waals surface area (Å²) in [6.07, 6.45) is 7.80. The number of imidazole rings is 1. The van der Waals surface area contributed by atoms with Gasteiger partial charge in [0, 0.05) is 38.4 Å². The normalized spacial score (nSPS) is 25.8. The first kappa shape index (κ1) is 11.2. The minimum absolute atomic E-state index is 0.313. The van der Waals surface area contributed by atoms with Crippen LogP contribution in [0.1, 0.15) is 30.8 Å². The maximum absolute atomic E-state index is 5.98. The number of aryl methyl sites for hydroxylation is 1. The summed E-state index contributed by atoms with van der Waals surface area (Å²) >= 11 is 0. The van der Waals surface area contributed by atoms with E-state index in [2.05, 4.69) is 10.8 Å². The van der Waals surface area contributed by atoms with Crippen molar-refractivity contribution >= 4 is 0 Å². The number of hydrogen-bond donors (Lipinski definition) is 1. The summed E-state index contributed by atoms with van der Waals surface area (Å²) in [7, 11) is 0. The highest BCUT2D eigenvalue weighted by atomic mass is 16.5. The largest absolute Gasteiger partial charge is 0.381 e. The van der Waals surface area contributed by atoms with Gasteiger partial charge in [-0.3, -0.25) is 0 Å². The molecule has 4 nitrogen and oxygen atoms in total. The molecular formula is C13H21N3O. The standard InChI is InChI=1S/C13H21N3O/c14-11-1-2-13-15-12(9-16(13)8-11)7-10-3-5-17-6-4-10/h9-11H,1-8,14H2. The number of rotatable bonds is 2. The number of hydrogen-bond acceptors (Lipinski definition) is 3. The molecule has 1 aromatic rings. The topological polar surface area (TPSA) is 53.1 Å². The lowest BCUT2D eigenvalue weighted by atomic mass is 9.95. The third-order valence-corrected chi connectivity index (χ3v) is 3.92. The number of nitrogens with two attached hydrogens (primary N) is 1. The molecule has 0 bridgehead atoms. The molecule has 3 rings (SSSR count). The summed E-state index contributed by atoms with van der Waals surface area (Å²) in [5, 5.41) is 0. The molecule has 1 saturated heterocycles. The molecule has 0 saturated carbocycles. The highest BCUT2D eigenvalue weighted by Gasteiger charge is 2.20. The molecule has 1 fully saturated rings. The van der Waals surface area contributed by atoms with Gasteiger partial charge >= 0.3 is 0 Å². The average Bonchev–Trinajstić information content (AvgIpc) is 2.71. The van der Waals surface area contributed by atoms with Crippen molar-refractivity contribution in [1.29, 1.82) is 0 Å². The Morgan fingerprint density at radius 3 is 3.00 bits per heavy atom. The molecule has 1 unspecified atom stereocenters. The quantitative estimate of drug-likeness (QED) is 0.836. The zero-order valence-electron chi connectivity index (χ0n) is 10.3. The maximum atomic E-state index is 5.98. The van der Waals surface area contributed by atoms with Gasteiger partial charge in [0.1, 0.15) is 5.82 Å². The van der Waals surface area contributed by atoms with E-state index in [4.69, 9.17) is 15.5 Å². The van der Waals surface area contributed by atoms with Crippen molar-refractivity contribution in [3.63, 3.8) is 0 Å². The van der Waals surface area contributed by atoms with Crippen LogP contribution in [0.4, 0.5) is 0 Å². The van der Waals surface area contributed by atoms with Gasteiger partial charge in [-0.1, -0.05) is 0 Å². The number of aromatic nitrogens is 2. The van der Waals surface area contributed by atoms with Gasteiger partial charge in [0.25, 0.3) is 0 Å². The van der Waals surface area contributed by atoms with Crippen molar-refractivity contribution in [2.24, 2.45) is 11.7 Å². The first-order valence-electron chi connectivity index (χ1n) is 6.69. The molecule has 94 valence electrons. The van der Waals surface area contributed by atoms with Gasteiger partial charge in [-0.05, 0) is 31.6 Å². The van der Waals surface area contributed by atoms with Crippen molar-refractivity contribution in [3.8, 4) is 0 Å². The van der Waals surface area contributed by atoms with E-state index in [1.807, 2.05) is 0 Å². The van der Waals surface area contributed by atoms with Gasteiger partial charge in [0.05, 0.1) is 5.69 Å². The van der Waals surface area contributed by atoms with Gasteiger partial charge in [-0.2, -0.15) is 0 Å². The number of fused-ring (bicyclic) bond motifs is 1. The first-order chi connectivity index (χ1) is 8.31. The Hall–Kier alpha value is -0.870. The summed E-state index contributed by atoms with van der Waals surface area (Å²) < 4.78 is 7.64. The Balaban J connectivity index is 1.67. The van der Waals surface area contributed by atoms with Crippen LogP contribution in [0.3, 0.4) is 0 Å². The predicted molar refractivity (Wildman–Crippen MR) is 65.8 cm³/mol. The van der Waals surface area contributed by atoms with Gasteiger partial charge in [0.2, 0.25) is 0 Å². The van der Waals surface area contributed by atoms with Crippen LogP contribution in [-0.4, -0.2) is 28.8 Å². The Morgan fingerprint density at radius 1 is 1.35 bits per heavy atom. The van der Waals surface area contributed by atoms with Gasteiger partial charge in [-0.15, -0.1) is 0 Å². The third kappa shape index (κ3) is 2.53. The van der Waals surface area contributed by atoms with E-state index >= 15 is 0 Å². The fraction of sp³-hybridized carbons (Fsp3) is 0.769. The molecular weight excluding hydrogens is 214 g/mol. The summed E-state index contributed by atoms with van der Waals surface area (Å²) in [4.78, 5) is 4.75. The van der Waals surface area contributed by atoms with Crippen molar-refractivity contribution in [3.05, 3.63) is 17.7 Å². The molecule has 2 aliphatic rings. The molecule has 0 amide bonds. The monoisotopic (exact) mass is 235 g/mol. The molecule has 0 spiro atoms. The van der Waals surface area contributed by atoms with Crippen LogP contribution in [-0.2, 0) is 24.1 Å². The average molecular weight is 235 g/mol. The van der Waals surface area contributed by atoms with E-state index in [-0.39, 0.29) is 0 Å². The highest BCUT2D eigenvalue weighted by molar-refractivity contribution is 5.08. The Labute approximate surface area is 102 Å². The smallest absolute Gasteiger partial charge is 0.109 e. The zero-order chi connectivity index (χ0) is 11.7. The van der Waals surface area contributed by atoms with Crippen LogP contribution >= 0.6 is 0 Å². The third-order valence-electron chi connectivity index (χ3n) is 3.92. The molecule has 3 heterocycles. The van der Waals surface area contributed by atoms with Crippen molar-refractivity contribution in [1.82, 2.24) is 9.55 Å². The van der Waals surface area contributed by atoms with Crippen LogP contribution in [0.15, 0.2) is 6.20 Å². The minimum Gasteiger partial charge on any atom is -0.381 e. The first-order valence-corrected chi connectivity index (χ1v) is 6.69. The fourth-order valence-electron chi connectivity index (χ4n) is 2.87. The molecule has 0 radical (unpaired) electrons. The van der Waals surface area contributed by atoms with E-state index in [1.54, 1.807) is 0 Å².